The van der Waals surface area contributed by atoms with E-state index in [1.807, 2.05) is 19.1 Å². The summed E-state index contributed by atoms with van der Waals surface area (Å²) < 4.78 is 41.7. The maximum atomic E-state index is 14.7. The number of ether oxygens (including phenoxy) is 1. The van der Waals surface area contributed by atoms with Crippen LogP contribution in [0, 0.1) is 5.82 Å². The molecule has 2 heterocycles. The number of nitrogens with one attached hydrogen (secondary N) is 3. The van der Waals surface area contributed by atoms with Gasteiger partial charge in [-0.15, -0.1) is 0 Å². The SMILES string of the molecule is CCc1cc2ccc1CCOC(=O)Nc1ccc(S(=O)O)c(c1)CNC(=O)[C@@H]2Nc1cc(C(N)=O)ccc1F. The minimum Gasteiger partial charge on any atom is -0.449 e. The summed E-state index contributed by atoms with van der Waals surface area (Å²) in [5.41, 5.74) is 8.24. The molecule has 0 saturated heterocycles. The molecule has 1 unspecified atom stereocenters. The number of amides is 3. The first-order chi connectivity index (χ1) is 18.7. The van der Waals surface area contributed by atoms with Crippen LogP contribution in [0.3, 0.4) is 0 Å². The summed E-state index contributed by atoms with van der Waals surface area (Å²) >= 11 is -2.37. The van der Waals surface area contributed by atoms with Gasteiger partial charge in [0.2, 0.25) is 11.8 Å². The number of hydrogen-bond acceptors (Lipinski definition) is 6. The molecule has 10 nitrogen and oxygen atoms in total. The second-order valence-corrected chi connectivity index (χ2v) is 9.76. The molecule has 0 radical (unpaired) electrons. The van der Waals surface area contributed by atoms with E-state index in [0.717, 1.165) is 17.2 Å². The third-order valence-corrected chi connectivity index (χ3v) is 7.08. The Bertz CT molecular complexity index is 1460. The summed E-state index contributed by atoms with van der Waals surface area (Å²) in [6.45, 7) is 1.86. The number of primary amides is 1. The third kappa shape index (κ3) is 6.59. The normalized spacial score (nSPS) is 16.5. The van der Waals surface area contributed by atoms with E-state index in [2.05, 4.69) is 16.0 Å². The van der Waals surface area contributed by atoms with Gasteiger partial charge in [-0.1, -0.05) is 25.1 Å². The van der Waals surface area contributed by atoms with Gasteiger partial charge in [-0.25, -0.2) is 13.4 Å². The van der Waals surface area contributed by atoms with E-state index in [1.54, 1.807) is 6.07 Å². The number of halogens is 1. The number of rotatable bonds is 5. The van der Waals surface area contributed by atoms with Crippen molar-refractivity contribution in [3.05, 3.63) is 88.2 Å². The maximum absolute atomic E-state index is 14.7. The van der Waals surface area contributed by atoms with Crippen LogP contribution in [-0.4, -0.2) is 33.3 Å². The van der Waals surface area contributed by atoms with Gasteiger partial charge in [-0.3, -0.25) is 14.9 Å². The van der Waals surface area contributed by atoms with Gasteiger partial charge in [0.25, 0.3) is 0 Å². The average Bonchev–Trinajstić information content (AvgIpc) is 2.90. The van der Waals surface area contributed by atoms with Gasteiger partial charge < -0.3 is 25.7 Å². The Morgan fingerprint density at radius 2 is 1.95 bits per heavy atom. The lowest BCUT2D eigenvalue weighted by Crippen LogP contribution is -2.34. The Labute approximate surface area is 226 Å². The molecule has 4 bridgehead atoms. The predicted molar refractivity (Wildman–Crippen MR) is 143 cm³/mol. The lowest BCUT2D eigenvalue weighted by molar-refractivity contribution is -0.122. The van der Waals surface area contributed by atoms with E-state index in [9.17, 15) is 27.5 Å². The molecule has 0 saturated carbocycles. The first kappa shape index (κ1) is 27.7. The van der Waals surface area contributed by atoms with Crippen molar-refractivity contribution in [2.75, 3.05) is 17.2 Å². The van der Waals surface area contributed by atoms with Crippen LogP contribution in [0.4, 0.5) is 20.6 Å². The molecule has 6 N–H and O–H groups in total. The monoisotopic (exact) mass is 554 g/mol. The first-order valence-electron chi connectivity index (χ1n) is 12.1. The third-order valence-electron chi connectivity index (χ3n) is 6.31. The van der Waals surface area contributed by atoms with Crippen LogP contribution in [0.25, 0.3) is 0 Å². The van der Waals surface area contributed by atoms with Crippen LogP contribution in [0.15, 0.2) is 59.5 Å². The zero-order valence-electron chi connectivity index (χ0n) is 21.0. The van der Waals surface area contributed by atoms with Crippen LogP contribution in [0.1, 0.15) is 45.6 Å². The van der Waals surface area contributed by atoms with Crippen LogP contribution in [0.5, 0.6) is 0 Å². The number of carbonyl (C=O) groups is 3. The van der Waals surface area contributed by atoms with E-state index in [-0.39, 0.29) is 34.9 Å². The molecule has 0 spiro atoms. The highest BCUT2D eigenvalue weighted by Crippen LogP contribution is 2.27. The number of hydrogen-bond donors (Lipinski definition) is 5. The Morgan fingerprint density at radius 1 is 1.15 bits per heavy atom. The van der Waals surface area contributed by atoms with Crippen molar-refractivity contribution in [2.45, 2.75) is 37.2 Å². The van der Waals surface area contributed by atoms with Gasteiger partial charge >= 0.3 is 6.09 Å². The standard InChI is InChI=1S/C27H27FN4O6S/c1-2-15-11-17-4-3-16(15)9-10-38-27(35)31-20-6-8-23(39(36)37)19(12-20)14-30-26(34)24(17)32-22-13-18(25(29)33)5-7-21(22)28/h3-8,11-13,24,32H,2,9-10,14H2,1H3,(H2,29,33)(H,30,34)(H,31,35)(H,36,37)/t24-/m1/s1. The van der Waals surface area contributed by atoms with Crippen molar-refractivity contribution in [3.8, 4) is 0 Å². The first-order valence-corrected chi connectivity index (χ1v) is 13.2. The van der Waals surface area contributed by atoms with Gasteiger partial charge in [0, 0.05) is 24.2 Å². The minimum atomic E-state index is -2.37. The molecular weight excluding hydrogens is 527 g/mol. The van der Waals surface area contributed by atoms with Crippen molar-refractivity contribution in [3.63, 3.8) is 0 Å². The molecule has 3 aromatic rings. The molecule has 0 aliphatic carbocycles. The van der Waals surface area contributed by atoms with E-state index in [0.29, 0.717) is 24.1 Å². The second-order valence-electron chi connectivity index (χ2n) is 8.82. The minimum absolute atomic E-state index is 0.0395. The van der Waals surface area contributed by atoms with E-state index < -0.39 is 40.8 Å². The topological polar surface area (TPSA) is 160 Å². The number of fused-ring (bicyclic) bond motifs is 9. The Kier molecular flexibility index (Phi) is 8.57. The van der Waals surface area contributed by atoms with E-state index in [1.165, 1.54) is 30.3 Å². The van der Waals surface area contributed by atoms with Crippen molar-refractivity contribution in [1.82, 2.24) is 5.32 Å². The molecule has 204 valence electrons. The molecule has 5 rings (SSSR count). The number of benzene rings is 3. The van der Waals surface area contributed by atoms with E-state index in [4.69, 9.17) is 10.5 Å². The number of aryl methyl sites for hydroxylation is 1. The molecule has 3 amide bonds. The van der Waals surface area contributed by atoms with Crippen molar-refractivity contribution < 1.29 is 32.3 Å². The van der Waals surface area contributed by atoms with Crippen LogP contribution in [-0.2, 0) is 40.0 Å². The van der Waals surface area contributed by atoms with Crippen LogP contribution >= 0.6 is 0 Å². The second kappa shape index (κ2) is 12.0. The summed E-state index contributed by atoms with van der Waals surface area (Å²) in [5, 5.41) is 8.19. The van der Waals surface area contributed by atoms with E-state index >= 15 is 0 Å². The van der Waals surface area contributed by atoms with Crippen molar-refractivity contribution in [1.29, 1.82) is 0 Å². The molecule has 2 aliphatic heterocycles. The largest absolute Gasteiger partial charge is 0.449 e. The van der Waals surface area contributed by atoms with Crippen LogP contribution < -0.4 is 21.7 Å². The predicted octanol–water partition coefficient (Wildman–Crippen LogP) is 3.64. The fraction of sp³-hybridized carbons (Fsp3) is 0.222. The van der Waals surface area contributed by atoms with Gasteiger partial charge in [0.05, 0.1) is 17.2 Å². The highest BCUT2D eigenvalue weighted by atomic mass is 32.2. The quantitative estimate of drug-likeness (QED) is 0.301. The Morgan fingerprint density at radius 3 is 2.67 bits per heavy atom. The number of anilines is 2. The van der Waals surface area contributed by atoms with Crippen molar-refractivity contribution in [2.24, 2.45) is 5.73 Å². The summed E-state index contributed by atoms with van der Waals surface area (Å²) in [6, 6.07) is 12.1. The lowest BCUT2D eigenvalue weighted by atomic mass is 9.95. The summed E-state index contributed by atoms with van der Waals surface area (Å²) in [5.74, 6) is -2.00. The van der Waals surface area contributed by atoms with Gasteiger partial charge in [0.15, 0.2) is 11.1 Å². The summed E-state index contributed by atoms with van der Waals surface area (Å²) in [6.07, 6.45) is 0.351. The van der Waals surface area contributed by atoms with Gasteiger partial charge in [0.1, 0.15) is 11.9 Å². The summed E-state index contributed by atoms with van der Waals surface area (Å²) in [7, 11) is 0. The molecule has 12 heteroatoms. The molecule has 0 fully saturated rings. The lowest BCUT2D eigenvalue weighted by Gasteiger charge is -2.23. The maximum Gasteiger partial charge on any atom is 0.411 e. The van der Waals surface area contributed by atoms with Gasteiger partial charge in [-0.05, 0) is 65.1 Å². The molecule has 2 atom stereocenters. The molecular formula is C27H27FN4O6S. The average molecular weight is 555 g/mol. The number of carbonyl (C=O) groups excluding carboxylic acids is 3. The fourth-order valence-electron chi connectivity index (χ4n) is 4.30. The highest BCUT2D eigenvalue weighted by Gasteiger charge is 2.24. The molecule has 39 heavy (non-hydrogen) atoms. The highest BCUT2D eigenvalue weighted by molar-refractivity contribution is 7.79. The zero-order chi connectivity index (χ0) is 28.1. The van der Waals surface area contributed by atoms with Gasteiger partial charge in [-0.2, -0.15) is 0 Å². The molecule has 0 aromatic heterocycles. The van der Waals surface area contributed by atoms with Crippen molar-refractivity contribution >= 4 is 40.4 Å². The Balaban J connectivity index is 1.77. The smallest absolute Gasteiger partial charge is 0.411 e. The fourth-order valence-corrected chi connectivity index (χ4v) is 4.84. The Hall–Kier alpha value is -4.29. The molecule has 2 aliphatic rings. The zero-order valence-corrected chi connectivity index (χ0v) is 21.8. The van der Waals surface area contributed by atoms with Crippen LogP contribution in [0.2, 0.25) is 0 Å². The summed E-state index contributed by atoms with van der Waals surface area (Å²) in [4.78, 5) is 37.5. The molecule has 3 aromatic carbocycles. The number of nitrogens with two attached hydrogens (primary N) is 1.